The Labute approximate surface area is 188 Å². The summed E-state index contributed by atoms with van der Waals surface area (Å²) in [5, 5.41) is 4.49. The number of nitrogens with zero attached hydrogens (tertiary/aromatic N) is 5. The predicted molar refractivity (Wildman–Crippen MR) is 125 cm³/mol. The van der Waals surface area contributed by atoms with E-state index in [1.165, 1.54) is 5.56 Å². The van der Waals surface area contributed by atoms with E-state index in [0.29, 0.717) is 6.54 Å². The third kappa shape index (κ3) is 3.15. The maximum absolute atomic E-state index is 14.2. The van der Waals surface area contributed by atoms with Gasteiger partial charge in [-0.1, -0.05) is 44.2 Å². The smallest absolute Gasteiger partial charge is 0.251 e. The van der Waals surface area contributed by atoms with Crippen molar-refractivity contribution in [1.29, 1.82) is 0 Å². The number of benzene rings is 2. The van der Waals surface area contributed by atoms with Crippen LogP contribution in [0.15, 0.2) is 48.5 Å². The summed E-state index contributed by atoms with van der Waals surface area (Å²) in [6, 6.07) is 16.0. The van der Waals surface area contributed by atoms with Gasteiger partial charge in [0.1, 0.15) is 23.8 Å². The van der Waals surface area contributed by atoms with Crippen LogP contribution in [0.4, 0.5) is 11.5 Å². The lowest BCUT2D eigenvalue weighted by Crippen LogP contribution is -2.62. The maximum atomic E-state index is 14.2. The molecule has 7 nitrogen and oxygen atoms in total. The first-order valence-electron chi connectivity index (χ1n) is 11.5. The van der Waals surface area contributed by atoms with Gasteiger partial charge in [0.15, 0.2) is 0 Å². The van der Waals surface area contributed by atoms with Crippen molar-refractivity contribution in [1.82, 2.24) is 19.8 Å². The summed E-state index contributed by atoms with van der Waals surface area (Å²) in [6.45, 7) is 8.37. The highest BCUT2D eigenvalue weighted by Crippen LogP contribution is 2.34. The van der Waals surface area contributed by atoms with Crippen molar-refractivity contribution in [2.24, 2.45) is 5.92 Å². The molecule has 1 saturated heterocycles. The Morgan fingerprint density at radius 3 is 2.69 bits per heavy atom. The molecule has 3 aliphatic rings. The Balaban J connectivity index is 1.56. The zero-order chi connectivity index (χ0) is 21.8. The molecule has 4 heterocycles. The first-order chi connectivity index (χ1) is 15.6. The lowest BCUT2D eigenvalue weighted by molar-refractivity contribution is -0.122. The lowest BCUT2D eigenvalue weighted by atomic mass is 10.0. The van der Waals surface area contributed by atoms with Gasteiger partial charge in [-0.3, -0.25) is 19.5 Å². The van der Waals surface area contributed by atoms with Crippen LogP contribution in [0.3, 0.4) is 0 Å². The van der Waals surface area contributed by atoms with Crippen LogP contribution in [0.2, 0.25) is 0 Å². The highest BCUT2D eigenvalue weighted by atomic mass is 16.2. The molecule has 3 aromatic rings. The van der Waals surface area contributed by atoms with E-state index in [-0.39, 0.29) is 24.0 Å². The van der Waals surface area contributed by atoms with E-state index in [0.717, 1.165) is 54.4 Å². The fourth-order valence-corrected chi connectivity index (χ4v) is 5.27. The number of amides is 1. The van der Waals surface area contributed by atoms with Gasteiger partial charge in [-0.15, -0.1) is 0 Å². The molecular formula is C25H28N6O. The SMILES string of the molecule is CC(C)[C@@H]1Nc2nc(nc3ccccc23)CN2CCN3Cc4ccccc4N(C1=O)C2C3. The molecule has 6 rings (SSSR count). The van der Waals surface area contributed by atoms with Crippen LogP contribution in [-0.4, -0.2) is 57.5 Å². The van der Waals surface area contributed by atoms with Gasteiger partial charge in [0, 0.05) is 37.3 Å². The molecule has 164 valence electrons. The second-order valence-electron chi connectivity index (χ2n) is 9.39. The minimum Gasteiger partial charge on any atom is -0.358 e. The standard InChI is InChI=1S/C25H28N6O/c1-16(2)23-25(32)31-20-10-6-3-7-17(20)13-29-11-12-30(22(31)15-29)14-21-26-19-9-5-4-8-18(19)24(27-21)28-23/h3-10,16,22-23H,11-15H2,1-2H3,(H,26,27,28)/t22?,23-/m0/s1. The molecule has 3 aliphatic heterocycles. The number of rotatable bonds is 1. The number of fused-ring (bicyclic) bond motifs is 7. The number of hydrogen-bond donors (Lipinski definition) is 1. The van der Waals surface area contributed by atoms with Crippen molar-refractivity contribution in [3.8, 4) is 0 Å². The molecule has 1 aromatic heterocycles. The van der Waals surface area contributed by atoms with Crippen LogP contribution in [-0.2, 0) is 17.9 Å². The molecule has 7 heteroatoms. The monoisotopic (exact) mass is 428 g/mol. The third-order valence-electron chi connectivity index (χ3n) is 6.95. The Morgan fingerprint density at radius 2 is 1.81 bits per heavy atom. The largest absolute Gasteiger partial charge is 0.358 e. The summed E-state index contributed by atoms with van der Waals surface area (Å²) in [5.74, 6) is 1.76. The average Bonchev–Trinajstić information content (AvgIpc) is 2.92. The van der Waals surface area contributed by atoms with E-state index in [1.54, 1.807) is 0 Å². The van der Waals surface area contributed by atoms with E-state index < -0.39 is 0 Å². The van der Waals surface area contributed by atoms with Crippen LogP contribution in [0.25, 0.3) is 10.9 Å². The summed E-state index contributed by atoms with van der Waals surface area (Å²) < 4.78 is 0. The number of piperazine rings is 1. The van der Waals surface area contributed by atoms with E-state index in [1.807, 2.05) is 30.3 Å². The maximum Gasteiger partial charge on any atom is 0.251 e. The number of nitrogens with one attached hydrogen (secondary N) is 1. The summed E-state index contributed by atoms with van der Waals surface area (Å²) in [6.07, 6.45) is -0.0421. The molecule has 2 aromatic carbocycles. The van der Waals surface area contributed by atoms with E-state index in [4.69, 9.17) is 9.97 Å². The van der Waals surface area contributed by atoms with Crippen molar-refractivity contribution in [3.63, 3.8) is 0 Å². The first-order valence-corrected chi connectivity index (χ1v) is 11.5. The van der Waals surface area contributed by atoms with Crippen molar-refractivity contribution in [2.75, 3.05) is 29.9 Å². The predicted octanol–water partition coefficient (Wildman–Crippen LogP) is 3.07. The average molecular weight is 429 g/mol. The van der Waals surface area contributed by atoms with Gasteiger partial charge in [0.05, 0.1) is 12.1 Å². The van der Waals surface area contributed by atoms with Crippen molar-refractivity contribution in [3.05, 3.63) is 59.9 Å². The highest BCUT2D eigenvalue weighted by Gasteiger charge is 2.42. The van der Waals surface area contributed by atoms with E-state index >= 15 is 0 Å². The van der Waals surface area contributed by atoms with Crippen LogP contribution in [0, 0.1) is 5.92 Å². The first kappa shape index (κ1) is 19.6. The molecule has 2 unspecified atom stereocenters. The molecule has 1 amide bonds. The summed E-state index contributed by atoms with van der Waals surface area (Å²) in [5.41, 5.74) is 3.15. The van der Waals surface area contributed by atoms with Crippen LogP contribution >= 0.6 is 0 Å². The second kappa shape index (κ2) is 7.53. The van der Waals surface area contributed by atoms with Crippen LogP contribution < -0.4 is 10.2 Å². The molecular weight excluding hydrogens is 400 g/mol. The van der Waals surface area contributed by atoms with Gasteiger partial charge in [-0.2, -0.15) is 0 Å². The van der Waals surface area contributed by atoms with E-state index in [9.17, 15) is 4.79 Å². The quantitative estimate of drug-likeness (QED) is 0.643. The van der Waals surface area contributed by atoms with E-state index in [2.05, 4.69) is 52.1 Å². The minimum atomic E-state index is -0.386. The zero-order valence-corrected chi connectivity index (χ0v) is 18.5. The van der Waals surface area contributed by atoms with Crippen LogP contribution in [0.5, 0.6) is 0 Å². The summed E-state index contributed by atoms with van der Waals surface area (Å²) in [7, 11) is 0. The fraction of sp³-hybridized carbons (Fsp3) is 0.400. The lowest BCUT2D eigenvalue weighted by Gasteiger charge is -2.45. The highest BCUT2D eigenvalue weighted by molar-refractivity contribution is 6.01. The zero-order valence-electron chi connectivity index (χ0n) is 18.5. The Morgan fingerprint density at radius 1 is 1.00 bits per heavy atom. The normalized spacial score (nSPS) is 25.3. The molecule has 4 bridgehead atoms. The van der Waals surface area contributed by atoms with Gasteiger partial charge < -0.3 is 5.32 Å². The van der Waals surface area contributed by atoms with Gasteiger partial charge in [0.25, 0.3) is 5.91 Å². The number of aromatic nitrogens is 2. The number of carbonyl (C=O) groups excluding carboxylic acids is 1. The molecule has 0 radical (unpaired) electrons. The number of hydrogen-bond acceptors (Lipinski definition) is 6. The van der Waals surface area contributed by atoms with Gasteiger partial charge >= 0.3 is 0 Å². The molecule has 0 aliphatic carbocycles. The molecule has 1 N–H and O–H groups in total. The number of anilines is 2. The Bertz CT molecular complexity index is 1190. The number of para-hydroxylation sites is 2. The molecule has 0 spiro atoms. The van der Waals surface area contributed by atoms with Crippen molar-refractivity contribution >= 4 is 28.3 Å². The topological polar surface area (TPSA) is 64.6 Å². The third-order valence-corrected chi connectivity index (χ3v) is 6.95. The van der Waals surface area contributed by atoms with Crippen molar-refractivity contribution in [2.45, 2.75) is 39.1 Å². The molecule has 32 heavy (non-hydrogen) atoms. The Kier molecular flexibility index (Phi) is 4.62. The molecule has 1 fully saturated rings. The molecule has 3 atom stereocenters. The van der Waals surface area contributed by atoms with Gasteiger partial charge in [0.2, 0.25) is 0 Å². The molecule has 0 saturated carbocycles. The summed E-state index contributed by atoms with van der Waals surface area (Å²) >= 11 is 0. The second-order valence-corrected chi connectivity index (χ2v) is 9.39. The summed E-state index contributed by atoms with van der Waals surface area (Å²) in [4.78, 5) is 30.9. The Hall–Kier alpha value is -3.03. The van der Waals surface area contributed by atoms with Gasteiger partial charge in [-0.05, 0) is 29.7 Å². The fourth-order valence-electron chi connectivity index (χ4n) is 5.27. The van der Waals surface area contributed by atoms with Gasteiger partial charge in [-0.25, -0.2) is 9.97 Å². The van der Waals surface area contributed by atoms with Crippen molar-refractivity contribution < 1.29 is 4.79 Å². The number of carbonyl (C=O) groups is 1. The van der Waals surface area contributed by atoms with Crippen LogP contribution in [0.1, 0.15) is 25.2 Å². The minimum absolute atomic E-state index is 0.0421.